The predicted octanol–water partition coefficient (Wildman–Crippen LogP) is 5.46. The molecule has 0 atom stereocenters. The quantitative estimate of drug-likeness (QED) is 0.398. The number of nitrogens with zero attached hydrogens (tertiary/aromatic N) is 2. The van der Waals surface area contributed by atoms with E-state index in [1.807, 2.05) is 31.2 Å². The van der Waals surface area contributed by atoms with Gasteiger partial charge in [0.2, 0.25) is 0 Å². The maximum absolute atomic E-state index is 13.7. The SMILES string of the molecule is COCCc1nc2sc(C)c(-c3ccc(Cl)cc3)c2c(=O)n1Cc1cccc(F)c1. The summed E-state index contributed by atoms with van der Waals surface area (Å²) in [6, 6.07) is 13.7. The standard InChI is InChI=1S/C23H20ClFN2O2S/c1-14-20(16-6-8-17(24)9-7-16)21-22(30-14)26-19(10-11-29-2)27(23(21)28)13-15-4-3-5-18(25)12-15/h3-9,12H,10-11,13H2,1-2H3. The maximum atomic E-state index is 13.7. The van der Waals surface area contributed by atoms with Gasteiger partial charge in [-0.25, -0.2) is 9.37 Å². The van der Waals surface area contributed by atoms with E-state index in [0.29, 0.717) is 39.7 Å². The van der Waals surface area contributed by atoms with Crippen LogP contribution in [0.5, 0.6) is 0 Å². The van der Waals surface area contributed by atoms with Crippen LogP contribution in [0.4, 0.5) is 4.39 Å². The van der Waals surface area contributed by atoms with Crippen LogP contribution in [0.3, 0.4) is 0 Å². The van der Waals surface area contributed by atoms with Crippen LogP contribution in [0, 0.1) is 12.7 Å². The molecule has 4 aromatic rings. The summed E-state index contributed by atoms with van der Waals surface area (Å²) in [4.78, 5) is 20.2. The summed E-state index contributed by atoms with van der Waals surface area (Å²) in [5.74, 6) is 0.295. The molecule has 0 N–H and O–H groups in total. The minimum Gasteiger partial charge on any atom is -0.384 e. The van der Waals surface area contributed by atoms with E-state index >= 15 is 0 Å². The third-order valence-corrected chi connectivity index (χ3v) is 6.21. The molecule has 0 fully saturated rings. The van der Waals surface area contributed by atoms with Crippen molar-refractivity contribution in [2.45, 2.75) is 19.9 Å². The summed E-state index contributed by atoms with van der Waals surface area (Å²) in [5.41, 5.74) is 2.36. The topological polar surface area (TPSA) is 44.1 Å². The number of fused-ring (bicyclic) bond motifs is 1. The van der Waals surface area contributed by atoms with Gasteiger partial charge < -0.3 is 4.74 Å². The molecule has 2 heterocycles. The molecule has 2 aromatic carbocycles. The molecule has 7 heteroatoms. The van der Waals surface area contributed by atoms with Gasteiger partial charge in [-0.3, -0.25) is 9.36 Å². The number of hydrogen-bond acceptors (Lipinski definition) is 4. The van der Waals surface area contributed by atoms with Crippen molar-refractivity contribution >= 4 is 33.2 Å². The van der Waals surface area contributed by atoms with Crippen molar-refractivity contribution in [3.63, 3.8) is 0 Å². The lowest BCUT2D eigenvalue weighted by Crippen LogP contribution is -2.26. The Morgan fingerprint density at radius 1 is 1.20 bits per heavy atom. The van der Waals surface area contributed by atoms with Gasteiger partial charge in [0.1, 0.15) is 16.5 Å². The molecule has 0 aliphatic rings. The summed E-state index contributed by atoms with van der Waals surface area (Å²) in [6.07, 6.45) is 0.490. The molecule has 154 valence electrons. The number of methoxy groups -OCH3 is 1. The van der Waals surface area contributed by atoms with Gasteiger partial charge in [-0.05, 0) is 42.3 Å². The van der Waals surface area contributed by atoms with Gasteiger partial charge in [0.15, 0.2) is 0 Å². The normalized spacial score (nSPS) is 11.3. The molecule has 0 radical (unpaired) electrons. The van der Waals surface area contributed by atoms with Gasteiger partial charge in [0, 0.05) is 29.0 Å². The van der Waals surface area contributed by atoms with Gasteiger partial charge in [-0.2, -0.15) is 0 Å². The minimum atomic E-state index is -0.332. The Balaban J connectivity index is 1.93. The second-order valence-corrected chi connectivity index (χ2v) is 8.65. The molecule has 0 spiro atoms. The fraction of sp³-hybridized carbons (Fsp3) is 0.217. The number of hydrogen-bond donors (Lipinski definition) is 0. The van der Waals surface area contributed by atoms with Crippen LogP contribution in [-0.4, -0.2) is 23.3 Å². The molecule has 2 aromatic heterocycles. The van der Waals surface area contributed by atoms with Crippen molar-refractivity contribution in [1.29, 1.82) is 0 Å². The second-order valence-electron chi connectivity index (χ2n) is 7.01. The lowest BCUT2D eigenvalue weighted by molar-refractivity contribution is 0.199. The third kappa shape index (κ3) is 4.03. The first-order valence-electron chi connectivity index (χ1n) is 9.50. The van der Waals surface area contributed by atoms with Crippen LogP contribution in [0.2, 0.25) is 5.02 Å². The molecule has 0 aliphatic heterocycles. The molecular weight excluding hydrogens is 423 g/mol. The van der Waals surface area contributed by atoms with Crippen LogP contribution in [-0.2, 0) is 17.7 Å². The molecule has 0 unspecified atom stereocenters. The Morgan fingerprint density at radius 2 is 1.97 bits per heavy atom. The van der Waals surface area contributed by atoms with Crippen LogP contribution in [0.1, 0.15) is 16.3 Å². The van der Waals surface area contributed by atoms with Crippen molar-refractivity contribution in [1.82, 2.24) is 9.55 Å². The highest BCUT2D eigenvalue weighted by atomic mass is 35.5. The summed E-state index contributed by atoms with van der Waals surface area (Å²) in [5, 5.41) is 1.22. The number of rotatable bonds is 6. The maximum Gasteiger partial charge on any atom is 0.263 e. The third-order valence-electron chi connectivity index (χ3n) is 4.96. The van der Waals surface area contributed by atoms with Crippen molar-refractivity contribution in [3.8, 4) is 11.1 Å². The van der Waals surface area contributed by atoms with Crippen LogP contribution < -0.4 is 5.56 Å². The first-order valence-corrected chi connectivity index (χ1v) is 10.7. The Bertz CT molecular complexity index is 1260. The number of aryl methyl sites for hydroxylation is 1. The van der Waals surface area contributed by atoms with E-state index in [4.69, 9.17) is 21.3 Å². The molecule has 0 saturated heterocycles. The molecule has 0 aliphatic carbocycles. The number of thiophene rings is 1. The number of ether oxygens (including phenoxy) is 1. The summed E-state index contributed by atoms with van der Waals surface area (Å²) < 4.78 is 20.5. The average Bonchev–Trinajstić information content (AvgIpc) is 3.05. The van der Waals surface area contributed by atoms with Gasteiger partial charge in [-0.1, -0.05) is 35.9 Å². The molecule has 30 heavy (non-hydrogen) atoms. The monoisotopic (exact) mass is 442 g/mol. The Morgan fingerprint density at radius 3 is 2.67 bits per heavy atom. The smallest absolute Gasteiger partial charge is 0.263 e. The highest BCUT2D eigenvalue weighted by Gasteiger charge is 2.20. The van der Waals surface area contributed by atoms with E-state index in [0.717, 1.165) is 16.0 Å². The van der Waals surface area contributed by atoms with Crippen molar-refractivity contribution < 1.29 is 9.13 Å². The molecule has 0 bridgehead atoms. The van der Waals surface area contributed by atoms with Gasteiger partial charge in [0.05, 0.1) is 18.5 Å². The van der Waals surface area contributed by atoms with Gasteiger partial charge in [-0.15, -0.1) is 11.3 Å². The summed E-state index contributed by atoms with van der Waals surface area (Å²) in [6.45, 7) is 2.67. The predicted molar refractivity (Wildman–Crippen MR) is 120 cm³/mol. The fourth-order valence-corrected chi connectivity index (χ4v) is 4.75. The lowest BCUT2D eigenvalue weighted by atomic mass is 10.0. The van der Waals surface area contributed by atoms with Crippen molar-refractivity contribution in [2.75, 3.05) is 13.7 Å². The first-order chi connectivity index (χ1) is 14.5. The van der Waals surface area contributed by atoms with Crippen LogP contribution in [0.15, 0.2) is 53.3 Å². The zero-order valence-electron chi connectivity index (χ0n) is 16.6. The lowest BCUT2D eigenvalue weighted by Gasteiger charge is -2.13. The number of halogens is 2. The van der Waals surface area contributed by atoms with Gasteiger partial charge >= 0.3 is 0 Å². The summed E-state index contributed by atoms with van der Waals surface area (Å²) >= 11 is 7.54. The van der Waals surface area contributed by atoms with E-state index < -0.39 is 0 Å². The number of aromatic nitrogens is 2. The van der Waals surface area contributed by atoms with Crippen molar-refractivity contribution in [3.05, 3.63) is 86.0 Å². The van der Waals surface area contributed by atoms with E-state index in [1.54, 1.807) is 23.8 Å². The first kappa shape index (κ1) is 20.7. The second kappa shape index (κ2) is 8.68. The molecule has 0 amide bonds. The molecule has 4 rings (SSSR count). The number of benzene rings is 2. The average molecular weight is 443 g/mol. The van der Waals surface area contributed by atoms with E-state index in [2.05, 4.69) is 0 Å². The van der Waals surface area contributed by atoms with Crippen molar-refractivity contribution in [2.24, 2.45) is 0 Å². The Kier molecular flexibility index (Phi) is 5.99. The fourth-order valence-electron chi connectivity index (χ4n) is 3.57. The molecular formula is C23H20ClFN2O2S. The van der Waals surface area contributed by atoms with E-state index in [-0.39, 0.29) is 17.9 Å². The van der Waals surface area contributed by atoms with E-state index in [1.165, 1.54) is 23.5 Å². The largest absolute Gasteiger partial charge is 0.384 e. The molecule has 4 nitrogen and oxygen atoms in total. The zero-order chi connectivity index (χ0) is 21.3. The highest BCUT2D eigenvalue weighted by molar-refractivity contribution is 7.19. The highest BCUT2D eigenvalue weighted by Crippen LogP contribution is 2.36. The Labute approximate surface area is 182 Å². The van der Waals surface area contributed by atoms with Crippen LogP contribution >= 0.6 is 22.9 Å². The Hall–Kier alpha value is -2.54. The van der Waals surface area contributed by atoms with Crippen LogP contribution in [0.25, 0.3) is 21.3 Å². The summed E-state index contributed by atoms with van der Waals surface area (Å²) in [7, 11) is 1.61. The molecule has 0 saturated carbocycles. The zero-order valence-corrected chi connectivity index (χ0v) is 18.2. The minimum absolute atomic E-state index is 0.135. The van der Waals surface area contributed by atoms with Gasteiger partial charge in [0.25, 0.3) is 5.56 Å². The van der Waals surface area contributed by atoms with E-state index in [9.17, 15) is 9.18 Å².